The number of aromatic hydroxyl groups is 1. The first-order chi connectivity index (χ1) is 8.68. The molecule has 0 spiro atoms. The van der Waals surface area contributed by atoms with E-state index in [0.29, 0.717) is 5.56 Å². The standard InChI is InChI=1S/C11H11N5O2/c1-16-10(18)7-13-15-11(16)14-12-6-8-4-2-3-5-9(8)17/h2-7,17H,1H3,(H,14,15)/b12-6+. The Bertz CT molecular complexity index is 635. The van der Waals surface area contributed by atoms with E-state index in [2.05, 4.69) is 20.7 Å². The summed E-state index contributed by atoms with van der Waals surface area (Å²) >= 11 is 0. The first-order valence-electron chi connectivity index (χ1n) is 5.14. The highest BCUT2D eigenvalue weighted by Crippen LogP contribution is 2.12. The molecule has 0 atom stereocenters. The third-order valence-corrected chi connectivity index (χ3v) is 2.27. The minimum absolute atomic E-state index is 0.121. The second kappa shape index (κ2) is 5.09. The Kier molecular flexibility index (Phi) is 3.33. The number of hydrazone groups is 1. The lowest BCUT2D eigenvalue weighted by Gasteiger charge is -2.03. The molecule has 0 saturated carbocycles. The Morgan fingerprint density at radius 1 is 1.44 bits per heavy atom. The molecule has 0 amide bonds. The summed E-state index contributed by atoms with van der Waals surface area (Å²) in [4.78, 5) is 11.3. The zero-order chi connectivity index (χ0) is 13.0. The van der Waals surface area contributed by atoms with Crippen molar-refractivity contribution in [2.24, 2.45) is 12.1 Å². The lowest BCUT2D eigenvalue weighted by Crippen LogP contribution is -2.20. The SMILES string of the molecule is Cn1c(N/N=C/c2ccccc2O)nncc1=O. The lowest BCUT2D eigenvalue weighted by molar-refractivity contribution is 0.474. The number of aromatic nitrogens is 3. The molecule has 2 N–H and O–H groups in total. The van der Waals surface area contributed by atoms with Gasteiger partial charge in [0.2, 0.25) is 5.95 Å². The van der Waals surface area contributed by atoms with Gasteiger partial charge in [-0.2, -0.15) is 5.10 Å². The van der Waals surface area contributed by atoms with Gasteiger partial charge in [0.05, 0.1) is 6.21 Å². The second-order valence-corrected chi connectivity index (χ2v) is 3.49. The van der Waals surface area contributed by atoms with Crippen molar-refractivity contribution in [1.82, 2.24) is 14.8 Å². The number of para-hydroxylation sites is 1. The van der Waals surface area contributed by atoms with Crippen LogP contribution in [0.3, 0.4) is 0 Å². The van der Waals surface area contributed by atoms with E-state index >= 15 is 0 Å². The van der Waals surface area contributed by atoms with Crippen molar-refractivity contribution in [2.75, 3.05) is 5.43 Å². The quantitative estimate of drug-likeness (QED) is 0.600. The molecule has 2 rings (SSSR count). The Balaban J connectivity index is 2.15. The summed E-state index contributed by atoms with van der Waals surface area (Å²) in [6.07, 6.45) is 2.53. The molecule has 18 heavy (non-hydrogen) atoms. The van der Waals surface area contributed by atoms with Crippen LogP contribution >= 0.6 is 0 Å². The average Bonchev–Trinajstić information content (AvgIpc) is 2.37. The molecule has 0 unspecified atom stereocenters. The maximum Gasteiger partial charge on any atom is 0.273 e. The topological polar surface area (TPSA) is 92.4 Å². The molecule has 0 aliphatic carbocycles. The molecule has 0 aliphatic heterocycles. The number of phenolic OH excluding ortho intramolecular Hbond substituents is 1. The van der Waals surface area contributed by atoms with Crippen LogP contribution in [-0.4, -0.2) is 26.1 Å². The van der Waals surface area contributed by atoms with Crippen molar-refractivity contribution in [3.63, 3.8) is 0 Å². The molecule has 1 aromatic carbocycles. The van der Waals surface area contributed by atoms with E-state index < -0.39 is 0 Å². The van der Waals surface area contributed by atoms with E-state index in [4.69, 9.17) is 0 Å². The summed E-state index contributed by atoms with van der Waals surface area (Å²) in [6.45, 7) is 0. The van der Waals surface area contributed by atoms with Crippen LogP contribution in [0.2, 0.25) is 0 Å². The minimum atomic E-state index is -0.287. The monoisotopic (exact) mass is 245 g/mol. The van der Waals surface area contributed by atoms with Gasteiger partial charge in [0.1, 0.15) is 11.9 Å². The molecule has 1 aromatic heterocycles. The van der Waals surface area contributed by atoms with Gasteiger partial charge in [-0.25, -0.2) is 5.43 Å². The minimum Gasteiger partial charge on any atom is -0.507 e. The van der Waals surface area contributed by atoms with E-state index in [9.17, 15) is 9.90 Å². The first-order valence-corrected chi connectivity index (χ1v) is 5.14. The van der Waals surface area contributed by atoms with Crippen LogP contribution in [0.1, 0.15) is 5.56 Å². The fraction of sp³-hybridized carbons (Fsp3) is 0.0909. The normalized spacial score (nSPS) is 10.7. The summed E-state index contributed by atoms with van der Waals surface area (Å²) in [5.74, 6) is 0.338. The summed E-state index contributed by atoms with van der Waals surface area (Å²) < 4.78 is 1.27. The van der Waals surface area contributed by atoms with Crippen molar-refractivity contribution in [2.45, 2.75) is 0 Å². The predicted octanol–water partition coefficient (Wildman–Crippen LogP) is 0.327. The Labute approximate surface area is 102 Å². The largest absolute Gasteiger partial charge is 0.507 e. The van der Waals surface area contributed by atoms with Crippen LogP contribution < -0.4 is 11.0 Å². The predicted molar refractivity (Wildman–Crippen MR) is 66.6 cm³/mol. The highest BCUT2D eigenvalue weighted by molar-refractivity contribution is 5.83. The Morgan fingerprint density at radius 2 is 2.22 bits per heavy atom. The zero-order valence-corrected chi connectivity index (χ0v) is 9.61. The van der Waals surface area contributed by atoms with Crippen LogP contribution in [-0.2, 0) is 7.05 Å². The van der Waals surface area contributed by atoms with Gasteiger partial charge in [-0.3, -0.25) is 9.36 Å². The van der Waals surface area contributed by atoms with Gasteiger partial charge in [0, 0.05) is 12.6 Å². The number of nitrogens with one attached hydrogen (secondary N) is 1. The van der Waals surface area contributed by atoms with E-state index in [0.717, 1.165) is 6.20 Å². The van der Waals surface area contributed by atoms with Gasteiger partial charge in [0.15, 0.2) is 0 Å². The van der Waals surface area contributed by atoms with E-state index in [-0.39, 0.29) is 17.3 Å². The highest BCUT2D eigenvalue weighted by Gasteiger charge is 1.99. The smallest absolute Gasteiger partial charge is 0.273 e. The number of anilines is 1. The Morgan fingerprint density at radius 3 is 3.00 bits per heavy atom. The van der Waals surface area contributed by atoms with Crippen molar-refractivity contribution >= 4 is 12.2 Å². The van der Waals surface area contributed by atoms with Gasteiger partial charge in [-0.1, -0.05) is 12.1 Å². The number of phenols is 1. The summed E-state index contributed by atoms with van der Waals surface area (Å²) in [5.41, 5.74) is 2.84. The highest BCUT2D eigenvalue weighted by atomic mass is 16.3. The van der Waals surface area contributed by atoms with E-state index in [1.54, 1.807) is 31.3 Å². The van der Waals surface area contributed by atoms with Crippen LogP contribution in [0.4, 0.5) is 5.95 Å². The van der Waals surface area contributed by atoms with Gasteiger partial charge < -0.3 is 5.11 Å². The summed E-state index contributed by atoms with van der Waals surface area (Å²) in [6, 6.07) is 6.75. The van der Waals surface area contributed by atoms with Crippen LogP contribution in [0.25, 0.3) is 0 Å². The number of benzene rings is 1. The number of hydrogen-bond donors (Lipinski definition) is 2. The third kappa shape index (κ3) is 2.51. The van der Waals surface area contributed by atoms with Crippen molar-refractivity contribution < 1.29 is 5.11 Å². The average molecular weight is 245 g/mol. The molecule has 2 aromatic rings. The maximum atomic E-state index is 11.3. The molecule has 0 radical (unpaired) electrons. The lowest BCUT2D eigenvalue weighted by atomic mass is 10.2. The van der Waals surface area contributed by atoms with E-state index in [1.165, 1.54) is 10.8 Å². The molecule has 92 valence electrons. The van der Waals surface area contributed by atoms with Crippen molar-refractivity contribution in [3.05, 3.63) is 46.4 Å². The molecule has 0 fully saturated rings. The maximum absolute atomic E-state index is 11.3. The first kappa shape index (κ1) is 11.8. The summed E-state index contributed by atoms with van der Waals surface area (Å²) in [7, 11) is 1.55. The van der Waals surface area contributed by atoms with Crippen LogP contribution in [0.5, 0.6) is 5.75 Å². The van der Waals surface area contributed by atoms with Crippen molar-refractivity contribution in [3.8, 4) is 5.75 Å². The van der Waals surface area contributed by atoms with Gasteiger partial charge in [-0.15, -0.1) is 10.2 Å². The second-order valence-electron chi connectivity index (χ2n) is 3.49. The summed E-state index contributed by atoms with van der Waals surface area (Å²) in [5, 5.41) is 20.6. The molecule has 7 nitrogen and oxygen atoms in total. The molecule has 0 bridgehead atoms. The third-order valence-electron chi connectivity index (χ3n) is 2.27. The van der Waals surface area contributed by atoms with Gasteiger partial charge in [0.25, 0.3) is 5.56 Å². The molecular formula is C11H11N5O2. The fourth-order valence-electron chi connectivity index (χ4n) is 1.24. The molecule has 0 saturated heterocycles. The molecule has 0 aliphatic rings. The van der Waals surface area contributed by atoms with Crippen LogP contribution in [0, 0.1) is 0 Å². The van der Waals surface area contributed by atoms with Gasteiger partial charge >= 0.3 is 0 Å². The number of rotatable bonds is 3. The molecule has 1 heterocycles. The fourth-order valence-corrected chi connectivity index (χ4v) is 1.24. The number of hydrogen-bond acceptors (Lipinski definition) is 6. The number of nitrogens with zero attached hydrogens (tertiary/aromatic N) is 4. The Hall–Kier alpha value is -2.70. The van der Waals surface area contributed by atoms with Crippen molar-refractivity contribution in [1.29, 1.82) is 0 Å². The van der Waals surface area contributed by atoms with Gasteiger partial charge in [-0.05, 0) is 12.1 Å². The van der Waals surface area contributed by atoms with E-state index in [1.807, 2.05) is 0 Å². The zero-order valence-electron chi connectivity index (χ0n) is 9.61. The molecular weight excluding hydrogens is 234 g/mol. The molecule has 7 heteroatoms. The van der Waals surface area contributed by atoms with Crippen LogP contribution in [0.15, 0.2) is 40.4 Å².